The second-order valence-corrected chi connectivity index (χ2v) is 4.17. The maximum Gasteiger partial charge on any atom is 0.139 e. The molecule has 90 valence electrons. The van der Waals surface area contributed by atoms with Gasteiger partial charge in [0.2, 0.25) is 0 Å². The van der Waals surface area contributed by atoms with Gasteiger partial charge >= 0.3 is 0 Å². The molecule has 1 aromatic rings. The monoisotopic (exact) mass is 264 g/mol. The van der Waals surface area contributed by atoms with E-state index in [4.69, 9.17) is 10.9 Å². The summed E-state index contributed by atoms with van der Waals surface area (Å²) in [5, 5.41) is 11.2. The molecule has 16 heavy (non-hydrogen) atoms. The van der Waals surface area contributed by atoms with Crippen LogP contribution in [0, 0.1) is 5.82 Å². The van der Waals surface area contributed by atoms with E-state index in [0.717, 1.165) is 17.1 Å². The maximum absolute atomic E-state index is 12.6. The second kappa shape index (κ2) is 8.24. The first-order valence-electron chi connectivity index (χ1n) is 4.57. The van der Waals surface area contributed by atoms with Crippen LogP contribution in [0.15, 0.2) is 34.3 Å². The summed E-state index contributed by atoms with van der Waals surface area (Å²) in [4.78, 5) is 1.02. The number of oxime groups is 1. The Morgan fingerprint density at radius 3 is 2.56 bits per heavy atom. The van der Waals surface area contributed by atoms with Crippen LogP contribution in [0.5, 0.6) is 0 Å². The van der Waals surface area contributed by atoms with Crippen molar-refractivity contribution in [3.8, 4) is 0 Å². The van der Waals surface area contributed by atoms with Crippen molar-refractivity contribution in [2.75, 3.05) is 5.75 Å². The summed E-state index contributed by atoms with van der Waals surface area (Å²) in [6.07, 6.45) is 1.41. The van der Waals surface area contributed by atoms with E-state index in [2.05, 4.69) is 5.16 Å². The number of amidine groups is 1. The van der Waals surface area contributed by atoms with E-state index in [0.29, 0.717) is 6.42 Å². The predicted molar refractivity (Wildman–Crippen MR) is 67.0 cm³/mol. The molecule has 0 aliphatic carbocycles. The number of rotatable bonds is 5. The van der Waals surface area contributed by atoms with Gasteiger partial charge < -0.3 is 10.9 Å². The molecule has 0 saturated heterocycles. The van der Waals surface area contributed by atoms with E-state index in [1.165, 1.54) is 12.1 Å². The van der Waals surface area contributed by atoms with Crippen LogP contribution in [-0.4, -0.2) is 16.8 Å². The topological polar surface area (TPSA) is 58.6 Å². The average Bonchev–Trinajstić information content (AvgIpc) is 2.26. The quantitative estimate of drug-likeness (QED) is 0.215. The van der Waals surface area contributed by atoms with Crippen LogP contribution in [0.25, 0.3) is 0 Å². The predicted octanol–water partition coefficient (Wildman–Crippen LogP) is 2.87. The van der Waals surface area contributed by atoms with E-state index < -0.39 is 0 Å². The number of hydrogen-bond acceptors (Lipinski definition) is 3. The molecule has 6 heteroatoms. The zero-order valence-electron chi connectivity index (χ0n) is 8.60. The zero-order valence-corrected chi connectivity index (χ0v) is 10.2. The van der Waals surface area contributed by atoms with E-state index in [1.807, 2.05) is 0 Å². The number of nitrogens with two attached hydrogens (primary N) is 1. The van der Waals surface area contributed by atoms with Crippen molar-refractivity contribution < 1.29 is 9.60 Å². The summed E-state index contributed by atoms with van der Waals surface area (Å²) in [7, 11) is 0. The van der Waals surface area contributed by atoms with Crippen molar-refractivity contribution in [2.45, 2.75) is 17.7 Å². The van der Waals surface area contributed by atoms with Crippen molar-refractivity contribution in [3.63, 3.8) is 0 Å². The smallest absolute Gasteiger partial charge is 0.139 e. The fourth-order valence-corrected chi connectivity index (χ4v) is 1.88. The lowest BCUT2D eigenvalue weighted by Crippen LogP contribution is -2.11. The van der Waals surface area contributed by atoms with Crippen LogP contribution in [-0.2, 0) is 0 Å². The third-order valence-electron chi connectivity index (χ3n) is 1.79. The van der Waals surface area contributed by atoms with E-state index in [-0.39, 0.29) is 24.1 Å². The fourth-order valence-electron chi connectivity index (χ4n) is 1.02. The van der Waals surface area contributed by atoms with Gasteiger partial charge in [-0.25, -0.2) is 4.39 Å². The molecule has 0 bridgehead atoms. The average molecular weight is 265 g/mol. The fraction of sp³-hybridized carbons (Fsp3) is 0.300. The molecule has 0 radical (unpaired) electrons. The van der Waals surface area contributed by atoms with Gasteiger partial charge in [0, 0.05) is 11.3 Å². The van der Waals surface area contributed by atoms with Gasteiger partial charge in [-0.05, 0) is 36.4 Å². The highest BCUT2D eigenvalue weighted by Crippen LogP contribution is 2.19. The molecule has 3 nitrogen and oxygen atoms in total. The maximum atomic E-state index is 12.6. The van der Waals surface area contributed by atoms with E-state index in [9.17, 15) is 4.39 Å². The molecular weight excluding hydrogens is 251 g/mol. The first kappa shape index (κ1) is 15.1. The largest absolute Gasteiger partial charge is 0.409 e. The first-order valence-corrected chi connectivity index (χ1v) is 5.55. The van der Waals surface area contributed by atoms with Crippen molar-refractivity contribution in [3.05, 3.63) is 30.1 Å². The minimum Gasteiger partial charge on any atom is -0.409 e. The van der Waals surface area contributed by atoms with Gasteiger partial charge in [0.25, 0.3) is 0 Å². The van der Waals surface area contributed by atoms with E-state index in [1.54, 1.807) is 23.9 Å². The van der Waals surface area contributed by atoms with Crippen LogP contribution in [0.4, 0.5) is 4.39 Å². The third kappa shape index (κ3) is 5.82. The minimum atomic E-state index is -0.226. The van der Waals surface area contributed by atoms with Gasteiger partial charge in [0.1, 0.15) is 11.7 Å². The number of hydrogen-bond donors (Lipinski definition) is 2. The van der Waals surface area contributed by atoms with Crippen molar-refractivity contribution >= 4 is 30.0 Å². The zero-order chi connectivity index (χ0) is 11.1. The van der Waals surface area contributed by atoms with Crippen LogP contribution >= 0.6 is 24.2 Å². The molecule has 0 fully saturated rings. The van der Waals surface area contributed by atoms with Crippen molar-refractivity contribution in [1.82, 2.24) is 0 Å². The van der Waals surface area contributed by atoms with Gasteiger partial charge in [-0.2, -0.15) is 0 Å². The Bertz CT molecular complexity index is 332. The summed E-state index contributed by atoms with van der Waals surface area (Å²) in [5.74, 6) is 0.882. The van der Waals surface area contributed by atoms with Gasteiger partial charge in [-0.15, -0.1) is 24.2 Å². The number of thioether (sulfide) groups is 1. The van der Waals surface area contributed by atoms with Crippen molar-refractivity contribution in [2.24, 2.45) is 10.9 Å². The summed E-state index contributed by atoms with van der Waals surface area (Å²) >= 11 is 1.62. The van der Waals surface area contributed by atoms with Crippen LogP contribution in [0.3, 0.4) is 0 Å². The molecule has 3 N–H and O–H groups in total. The molecule has 0 aliphatic rings. The minimum absolute atomic E-state index is 0. The molecule has 0 aliphatic heterocycles. The Labute approximate surface area is 104 Å². The van der Waals surface area contributed by atoms with Gasteiger partial charge in [-0.3, -0.25) is 0 Å². The van der Waals surface area contributed by atoms with Gasteiger partial charge in [0.15, 0.2) is 0 Å². The van der Waals surface area contributed by atoms with Gasteiger partial charge in [-0.1, -0.05) is 5.16 Å². The molecule has 0 amide bonds. The highest BCUT2D eigenvalue weighted by molar-refractivity contribution is 7.99. The standard InChI is InChI=1S/C10H13FN2OS.ClH/c11-8-3-5-9(6-4-8)15-7-1-2-10(12)13-14;/h3-6,14H,1-2,7H2,(H2,12,13);1H. The Kier molecular flexibility index (Phi) is 7.76. The van der Waals surface area contributed by atoms with Crippen LogP contribution in [0.1, 0.15) is 12.8 Å². The number of benzene rings is 1. The first-order chi connectivity index (χ1) is 7.22. The summed E-state index contributed by atoms with van der Waals surface area (Å²) in [6, 6.07) is 6.35. The highest BCUT2D eigenvalue weighted by Gasteiger charge is 1.97. The lowest BCUT2D eigenvalue weighted by atomic mass is 10.3. The molecule has 0 atom stereocenters. The Morgan fingerprint density at radius 2 is 2.00 bits per heavy atom. The van der Waals surface area contributed by atoms with Crippen molar-refractivity contribution in [1.29, 1.82) is 0 Å². The lowest BCUT2D eigenvalue weighted by molar-refractivity contribution is 0.317. The summed E-state index contributed by atoms with van der Waals surface area (Å²) in [6.45, 7) is 0. The molecule has 0 aromatic heterocycles. The number of halogens is 2. The Hall–Kier alpha value is -0.940. The highest BCUT2D eigenvalue weighted by atomic mass is 35.5. The number of nitrogens with zero attached hydrogens (tertiary/aromatic N) is 1. The molecule has 0 spiro atoms. The molecule has 1 rings (SSSR count). The Morgan fingerprint density at radius 1 is 1.38 bits per heavy atom. The lowest BCUT2D eigenvalue weighted by Gasteiger charge is -2.00. The molecule has 1 aromatic carbocycles. The summed E-state index contributed by atoms with van der Waals surface area (Å²) in [5.41, 5.74) is 5.31. The van der Waals surface area contributed by atoms with Gasteiger partial charge in [0.05, 0.1) is 0 Å². The summed E-state index contributed by atoms with van der Waals surface area (Å²) < 4.78 is 12.6. The second-order valence-electron chi connectivity index (χ2n) is 3.00. The normalized spacial score (nSPS) is 10.9. The molecule has 0 saturated carbocycles. The molecule has 0 heterocycles. The molecule has 0 unspecified atom stereocenters. The SMILES string of the molecule is Cl.NC(CCCSc1ccc(F)cc1)=NO. The van der Waals surface area contributed by atoms with Crippen LogP contribution < -0.4 is 5.73 Å². The van der Waals surface area contributed by atoms with Crippen LogP contribution in [0.2, 0.25) is 0 Å². The molecular formula is C10H14ClFN2OS. The third-order valence-corrected chi connectivity index (χ3v) is 2.89. The van der Waals surface area contributed by atoms with E-state index >= 15 is 0 Å². The Balaban J connectivity index is 0.00000225.